The van der Waals surface area contributed by atoms with Gasteiger partial charge in [0.15, 0.2) is 11.5 Å². The summed E-state index contributed by atoms with van der Waals surface area (Å²) in [7, 11) is 0. The van der Waals surface area contributed by atoms with Gasteiger partial charge in [-0.25, -0.2) is 4.90 Å². The molecule has 0 atom stereocenters. The third-order valence-corrected chi connectivity index (χ3v) is 6.43. The zero-order valence-corrected chi connectivity index (χ0v) is 20.9. The molecule has 1 aliphatic heterocycles. The largest absolute Gasteiger partial charge is 0.490 e. The highest BCUT2D eigenvalue weighted by molar-refractivity contribution is 9.10. The summed E-state index contributed by atoms with van der Waals surface area (Å²) < 4.78 is 12.3. The Balaban J connectivity index is 1.57. The minimum Gasteiger partial charge on any atom is -0.490 e. The molecule has 0 aromatic heterocycles. The number of anilines is 1. The summed E-state index contributed by atoms with van der Waals surface area (Å²) in [6, 6.07) is 18.4. The van der Waals surface area contributed by atoms with E-state index in [4.69, 9.17) is 9.47 Å². The lowest BCUT2D eigenvalue weighted by Crippen LogP contribution is -2.27. The van der Waals surface area contributed by atoms with Gasteiger partial charge in [-0.1, -0.05) is 18.2 Å². The van der Waals surface area contributed by atoms with Gasteiger partial charge in [-0.2, -0.15) is 0 Å². The fourth-order valence-electron chi connectivity index (χ4n) is 3.36. The maximum absolute atomic E-state index is 12.9. The van der Waals surface area contributed by atoms with Crippen LogP contribution in [0.3, 0.4) is 0 Å². The minimum absolute atomic E-state index is 0.00553. The molecule has 0 radical (unpaired) electrons. The number of hydrogen-bond acceptors (Lipinski definition) is 7. The van der Waals surface area contributed by atoms with Gasteiger partial charge in [-0.15, -0.1) is 0 Å². The molecule has 4 rings (SSSR count). The monoisotopic (exact) mass is 554 g/mol. The van der Waals surface area contributed by atoms with Gasteiger partial charge in [0.1, 0.15) is 6.61 Å². The number of nitro benzene ring substituents is 1. The lowest BCUT2D eigenvalue weighted by molar-refractivity contribution is -0.384. The maximum Gasteiger partial charge on any atom is 0.298 e. The SMILES string of the molecule is CCOc1cc(/C=C2\SC(=O)N(c3ccccc3)C2=O)cc(Br)c1OCc1ccc([N+](=O)[O-])cc1. The highest BCUT2D eigenvalue weighted by atomic mass is 79.9. The number of carbonyl (C=O) groups excluding carboxylic acids is 2. The van der Waals surface area contributed by atoms with Crippen LogP contribution in [0.15, 0.2) is 76.1 Å². The number of hydrogen-bond donors (Lipinski definition) is 0. The van der Waals surface area contributed by atoms with E-state index in [0.29, 0.717) is 38.7 Å². The van der Waals surface area contributed by atoms with Gasteiger partial charge in [-0.05, 0) is 88.2 Å². The third kappa shape index (κ3) is 5.55. The second-order valence-electron chi connectivity index (χ2n) is 7.33. The molecule has 1 saturated heterocycles. The first-order chi connectivity index (χ1) is 16.9. The predicted octanol–water partition coefficient (Wildman–Crippen LogP) is 6.58. The first-order valence-corrected chi connectivity index (χ1v) is 12.1. The number of non-ortho nitro benzene ring substituents is 1. The van der Waals surface area contributed by atoms with E-state index < -0.39 is 10.8 Å². The molecule has 0 bridgehead atoms. The van der Waals surface area contributed by atoms with E-state index in [1.807, 2.05) is 13.0 Å². The lowest BCUT2D eigenvalue weighted by atomic mass is 10.1. The summed E-state index contributed by atoms with van der Waals surface area (Å²) in [5.74, 6) is 0.524. The molecular weight excluding hydrogens is 536 g/mol. The molecule has 8 nitrogen and oxygen atoms in total. The molecule has 1 aliphatic rings. The Labute approximate surface area is 213 Å². The highest BCUT2D eigenvalue weighted by Gasteiger charge is 2.36. The number of nitrogens with zero attached hydrogens (tertiary/aromatic N) is 2. The van der Waals surface area contributed by atoms with Crippen LogP contribution in [-0.4, -0.2) is 22.7 Å². The Morgan fingerprint density at radius 2 is 1.77 bits per heavy atom. The Morgan fingerprint density at radius 1 is 1.06 bits per heavy atom. The number of rotatable bonds is 8. The van der Waals surface area contributed by atoms with Gasteiger partial charge in [0, 0.05) is 12.1 Å². The number of carbonyl (C=O) groups is 2. The molecule has 0 aliphatic carbocycles. The van der Waals surface area contributed by atoms with Gasteiger partial charge < -0.3 is 9.47 Å². The highest BCUT2D eigenvalue weighted by Crippen LogP contribution is 2.40. The molecular formula is C25H19BrN2O6S. The van der Waals surface area contributed by atoms with Crippen molar-refractivity contribution in [3.8, 4) is 11.5 Å². The Kier molecular flexibility index (Phi) is 7.52. The van der Waals surface area contributed by atoms with Crippen LogP contribution < -0.4 is 14.4 Å². The molecule has 2 amide bonds. The maximum atomic E-state index is 12.9. The van der Waals surface area contributed by atoms with Crippen LogP contribution in [-0.2, 0) is 11.4 Å². The zero-order chi connectivity index (χ0) is 24.9. The minimum atomic E-state index is -0.457. The topological polar surface area (TPSA) is 99.0 Å². The van der Waals surface area contributed by atoms with Crippen molar-refractivity contribution in [3.63, 3.8) is 0 Å². The summed E-state index contributed by atoms with van der Waals surface area (Å²) in [5, 5.41) is 10.5. The van der Waals surface area contributed by atoms with E-state index in [2.05, 4.69) is 15.9 Å². The number of benzene rings is 3. The molecule has 3 aromatic rings. The fourth-order valence-corrected chi connectivity index (χ4v) is 4.78. The van der Waals surface area contributed by atoms with Crippen molar-refractivity contribution in [1.82, 2.24) is 0 Å². The van der Waals surface area contributed by atoms with Crippen LogP contribution in [0.1, 0.15) is 18.1 Å². The van der Waals surface area contributed by atoms with Crippen LogP contribution in [0.4, 0.5) is 16.2 Å². The quantitative estimate of drug-likeness (QED) is 0.176. The van der Waals surface area contributed by atoms with Gasteiger partial charge >= 0.3 is 0 Å². The average molecular weight is 555 g/mol. The van der Waals surface area contributed by atoms with Crippen LogP contribution in [0.2, 0.25) is 0 Å². The van der Waals surface area contributed by atoms with Gasteiger partial charge in [0.2, 0.25) is 0 Å². The number of ether oxygens (including phenoxy) is 2. The molecule has 0 spiro atoms. The normalized spacial score (nSPS) is 14.5. The first kappa shape index (κ1) is 24.5. The molecule has 0 N–H and O–H groups in total. The van der Waals surface area contributed by atoms with Gasteiger partial charge in [-0.3, -0.25) is 19.7 Å². The molecule has 0 saturated carbocycles. The van der Waals surface area contributed by atoms with Crippen molar-refractivity contribution in [2.24, 2.45) is 0 Å². The molecule has 3 aromatic carbocycles. The van der Waals surface area contributed by atoms with E-state index in [-0.39, 0.29) is 17.5 Å². The molecule has 1 heterocycles. The van der Waals surface area contributed by atoms with Gasteiger partial charge in [0.25, 0.3) is 16.8 Å². The standard InChI is InChI=1S/C25H19BrN2O6S/c1-2-33-21-13-17(14-22-24(29)27(25(30)35-22)18-6-4-3-5-7-18)12-20(26)23(21)34-15-16-8-10-19(11-9-16)28(31)32/h3-14H,2,15H2,1H3/b22-14-. The molecule has 0 unspecified atom stereocenters. The van der Waals surface area contributed by atoms with E-state index >= 15 is 0 Å². The Morgan fingerprint density at radius 3 is 2.43 bits per heavy atom. The van der Waals surface area contributed by atoms with Crippen molar-refractivity contribution in [1.29, 1.82) is 0 Å². The van der Waals surface area contributed by atoms with Crippen LogP contribution in [0, 0.1) is 10.1 Å². The van der Waals surface area contributed by atoms with Crippen LogP contribution in [0.25, 0.3) is 6.08 Å². The molecule has 10 heteroatoms. The van der Waals surface area contributed by atoms with E-state index in [1.54, 1.807) is 54.6 Å². The van der Waals surface area contributed by atoms with Crippen molar-refractivity contribution in [3.05, 3.63) is 97.3 Å². The Hall–Kier alpha value is -3.63. The van der Waals surface area contributed by atoms with Crippen LogP contribution >= 0.6 is 27.7 Å². The molecule has 1 fully saturated rings. The fraction of sp³-hybridized carbons (Fsp3) is 0.120. The van der Waals surface area contributed by atoms with Crippen molar-refractivity contribution < 1.29 is 24.0 Å². The second-order valence-corrected chi connectivity index (χ2v) is 9.18. The van der Waals surface area contributed by atoms with Gasteiger partial charge in [0.05, 0.1) is 26.6 Å². The smallest absolute Gasteiger partial charge is 0.298 e. The molecule has 178 valence electrons. The number of halogens is 1. The number of thioether (sulfide) groups is 1. The average Bonchev–Trinajstić information content (AvgIpc) is 3.12. The number of amides is 2. The van der Waals surface area contributed by atoms with Crippen molar-refractivity contribution >= 4 is 56.3 Å². The summed E-state index contributed by atoms with van der Waals surface area (Å²) in [5.41, 5.74) is 1.93. The summed E-state index contributed by atoms with van der Waals surface area (Å²) >= 11 is 4.38. The number of para-hydroxylation sites is 1. The first-order valence-electron chi connectivity index (χ1n) is 10.5. The third-order valence-electron chi connectivity index (χ3n) is 4.97. The summed E-state index contributed by atoms with van der Waals surface area (Å²) in [6.45, 7) is 2.40. The van der Waals surface area contributed by atoms with Crippen molar-refractivity contribution in [2.45, 2.75) is 13.5 Å². The van der Waals surface area contributed by atoms with E-state index in [0.717, 1.165) is 22.2 Å². The predicted molar refractivity (Wildman–Crippen MR) is 138 cm³/mol. The zero-order valence-electron chi connectivity index (χ0n) is 18.5. The van der Waals surface area contributed by atoms with Crippen LogP contribution in [0.5, 0.6) is 11.5 Å². The Bertz CT molecular complexity index is 1310. The lowest BCUT2D eigenvalue weighted by Gasteiger charge is -2.15. The number of imide groups is 1. The number of nitro groups is 1. The second kappa shape index (κ2) is 10.7. The summed E-state index contributed by atoms with van der Waals surface area (Å²) in [4.78, 5) is 37.2. The van der Waals surface area contributed by atoms with E-state index in [9.17, 15) is 19.7 Å². The molecule has 35 heavy (non-hydrogen) atoms. The summed E-state index contributed by atoms with van der Waals surface area (Å²) in [6.07, 6.45) is 1.64. The van der Waals surface area contributed by atoms with Crippen molar-refractivity contribution in [2.75, 3.05) is 11.5 Å². The van der Waals surface area contributed by atoms with E-state index in [1.165, 1.54) is 12.1 Å².